The van der Waals surface area contributed by atoms with Crippen LogP contribution in [0.3, 0.4) is 0 Å². The molecule has 0 amide bonds. The lowest BCUT2D eigenvalue weighted by Gasteiger charge is -2.33. The van der Waals surface area contributed by atoms with Gasteiger partial charge < -0.3 is 4.98 Å². The maximum Gasteiger partial charge on any atom is 0.132 e. The van der Waals surface area contributed by atoms with E-state index in [1.165, 1.54) is 79.1 Å². The van der Waals surface area contributed by atoms with Gasteiger partial charge in [-0.15, -0.1) is 0 Å². The molecule has 0 radical (unpaired) electrons. The van der Waals surface area contributed by atoms with Gasteiger partial charge in [0.1, 0.15) is 5.78 Å². The molecule has 0 saturated carbocycles. The van der Waals surface area contributed by atoms with Gasteiger partial charge in [-0.25, -0.2) is 0 Å². The number of benzene rings is 1. The first-order valence-electron chi connectivity index (χ1n) is 15.4. The summed E-state index contributed by atoms with van der Waals surface area (Å²) in [7, 11) is 0. The zero-order chi connectivity index (χ0) is 29.3. The molecule has 0 saturated heterocycles. The van der Waals surface area contributed by atoms with Gasteiger partial charge in [-0.05, 0) is 80.7 Å². The number of hydrogen-bond acceptors (Lipinski definition) is 1. The number of fused-ring (bicyclic) bond motifs is 1. The molecule has 2 nitrogen and oxygen atoms in total. The number of hydrogen-bond donors (Lipinski definition) is 1. The summed E-state index contributed by atoms with van der Waals surface area (Å²) in [6, 6.07) is 8.97. The summed E-state index contributed by atoms with van der Waals surface area (Å²) in [6.07, 6.45) is 14.2. The topological polar surface area (TPSA) is 32.9 Å². The van der Waals surface area contributed by atoms with Gasteiger partial charge in [0.15, 0.2) is 0 Å². The van der Waals surface area contributed by atoms with Gasteiger partial charge in [-0.1, -0.05) is 118 Å². The third kappa shape index (κ3) is 13.1. The minimum atomic E-state index is 0.213. The number of carbonyl (C=O) groups is 1. The van der Waals surface area contributed by atoms with E-state index in [4.69, 9.17) is 0 Å². The second-order valence-corrected chi connectivity index (χ2v) is 11.7. The Bertz CT molecular complexity index is 996. The minimum Gasteiger partial charge on any atom is -0.355 e. The number of Topliss-reactive ketones (excluding diaryl/α,β-unsaturated/α-hetero) is 1. The predicted octanol–water partition coefficient (Wildman–Crippen LogP) is 12.0. The SMILES string of the molecule is CC.CC(=O)C(C)C.CC/C=C(\C1=C(C)CC(C)(C)CC1)c1cc2ccc(C)cc2[nH]1.CCCCCCC. The average molecular weight is 524 g/mol. The van der Waals surface area contributed by atoms with E-state index in [1.807, 2.05) is 27.7 Å². The molecule has 0 atom stereocenters. The molecule has 1 heterocycles. The highest BCUT2D eigenvalue weighted by atomic mass is 16.1. The van der Waals surface area contributed by atoms with Crippen molar-refractivity contribution in [1.82, 2.24) is 4.98 Å². The quantitative estimate of drug-likeness (QED) is 0.343. The molecule has 2 aromatic rings. The van der Waals surface area contributed by atoms with Crippen LogP contribution in [0.1, 0.15) is 145 Å². The van der Waals surface area contributed by atoms with Gasteiger partial charge in [0.05, 0.1) is 0 Å². The largest absolute Gasteiger partial charge is 0.355 e. The average Bonchev–Trinajstić information content (AvgIpc) is 3.28. The van der Waals surface area contributed by atoms with E-state index in [0.29, 0.717) is 5.41 Å². The maximum absolute atomic E-state index is 10.1. The Balaban J connectivity index is 0.000000756. The fourth-order valence-corrected chi connectivity index (χ4v) is 4.62. The summed E-state index contributed by atoms with van der Waals surface area (Å²) in [5.74, 6) is 0.472. The summed E-state index contributed by atoms with van der Waals surface area (Å²) < 4.78 is 0. The van der Waals surface area contributed by atoms with Crippen LogP contribution < -0.4 is 0 Å². The number of rotatable bonds is 8. The monoisotopic (exact) mass is 523 g/mol. The molecule has 38 heavy (non-hydrogen) atoms. The number of aromatic nitrogens is 1. The smallest absolute Gasteiger partial charge is 0.132 e. The molecule has 1 aromatic carbocycles. The van der Waals surface area contributed by atoms with Gasteiger partial charge in [-0.2, -0.15) is 0 Å². The van der Waals surface area contributed by atoms with Crippen molar-refractivity contribution >= 4 is 22.3 Å². The van der Waals surface area contributed by atoms with E-state index in [0.717, 1.165) is 6.42 Å². The van der Waals surface area contributed by atoms with Crippen molar-refractivity contribution in [3.8, 4) is 0 Å². The third-order valence-corrected chi connectivity index (χ3v) is 7.13. The molecule has 1 aliphatic rings. The molecule has 0 unspecified atom stereocenters. The molecule has 1 aromatic heterocycles. The Kier molecular flexibility index (Phi) is 18.0. The first-order valence-corrected chi connectivity index (χ1v) is 15.4. The van der Waals surface area contributed by atoms with Crippen LogP contribution in [0.2, 0.25) is 0 Å². The summed E-state index contributed by atoms with van der Waals surface area (Å²) in [6.45, 7) is 25.4. The van der Waals surface area contributed by atoms with Gasteiger partial charge in [0.25, 0.3) is 0 Å². The Labute approximate surface area is 236 Å². The number of nitrogens with one attached hydrogen (secondary N) is 1. The Morgan fingerprint density at radius 2 is 1.58 bits per heavy atom. The molecule has 2 heteroatoms. The van der Waals surface area contributed by atoms with Gasteiger partial charge in [0.2, 0.25) is 0 Å². The van der Waals surface area contributed by atoms with E-state index in [2.05, 4.69) is 83.8 Å². The molecule has 1 aliphatic carbocycles. The van der Waals surface area contributed by atoms with Gasteiger partial charge in [0, 0.05) is 22.5 Å². The van der Waals surface area contributed by atoms with Crippen molar-refractivity contribution in [3.05, 3.63) is 52.7 Å². The minimum absolute atomic E-state index is 0.213. The predicted molar refractivity (Wildman–Crippen MR) is 173 cm³/mol. The third-order valence-electron chi connectivity index (χ3n) is 7.13. The standard InChI is InChI=1S/C22H29N.C7H16.C5H10O.C2H6/c1-6-7-19(18-10-11-22(4,5)14-16(18)3)21-13-17-9-8-15(2)12-20(17)23-21;1-3-5-7-6-4-2;1-4(2)5(3)6;1-2/h7-9,12-13,23H,6,10-11,14H2,1-5H3;3-7H2,1-2H3;4H,1-3H3;1-2H3/b19-7+;;;. The molecule has 0 fully saturated rings. The van der Waals surface area contributed by atoms with Crippen molar-refractivity contribution in [3.63, 3.8) is 0 Å². The van der Waals surface area contributed by atoms with E-state index in [-0.39, 0.29) is 11.7 Å². The van der Waals surface area contributed by atoms with Gasteiger partial charge >= 0.3 is 0 Å². The zero-order valence-corrected chi connectivity index (χ0v) is 27.2. The maximum atomic E-state index is 10.1. The lowest BCUT2D eigenvalue weighted by molar-refractivity contribution is -0.119. The van der Waals surface area contributed by atoms with Crippen LogP contribution >= 0.6 is 0 Å². The fourth-order valence-electron chi connectivity index (χ4n) is 4.62. The normalized spacial score (nSPS) is 14.7. The van der Waals surface area contributed by atoms with Crippen molar-refractivity contribution < 1.29 is 4.79 Å². The highest BCUT2D eigenvalue weighted by Gasteiger charge is 2.27. The summed E-state index contributed by atoms with van der Waals surface area (Å²) in [4.78, 5) is 13.8. The fraction of sp³-hybridized carbons (Fsp3) is 0.639. The Hall–Kier alpha value is -2.09. The Morgan fingerprint density at radius 1 is 1.00 bits per heavy atom. The highest BCUT2D eigenvalue weighted by molar-refractivity contribution is 5.89. The van der Waals surface area contributed by atoms with Crippen LogP contribution in [0.5, 0.6) is 0 Å². The summed E-state index contributed by atoms with van der Waals surface area (Å²) in [5, 5.41) is 1.31. The number of aromatic amines is 1. The van der Waals surface area contributed by atoms with E-state index >= 15 is 0 Å². The number of allylic oxidation sites excluding steroid dienone is 4. The van der Waals surface area contributed by atoms with Crippen molar-refractivity contribution in [2.75, 3.05) is 0 Å². The molecular formula is C36H61NO. The lowest BCUT2D eigenvalue weighted by atomic mass is 9.73. The van der Waals surface area contributed by atoms with Crippen LogP contribution in [-0.4, -0.2) is 10.8 Å². The van der Waals surface area contributed by atoms with Crippen molar-refractivity contribution in [1.29, 1.82) is 0 Å². The second kappa shape index (κ2) is 19.0. The van der Waals surface area contributed by atoms with Gasteiger partial charge in [-0.3, -0.25) is 4.79 Å². The number of aryl methyl sites for hydroxylation is 1. The van der Waals surface area contributed by atoms with Crippen LogP contribution in [-0.2, 0) is 4.79 Å². The number of carbonyl (C=O) groups excluding carboxylic acids is 1. The number of H-pyrrole nitrogens is 1. The highest BCUT2D eigenvalue weighted by Crippen LogP contribution is 2.43. The van der Waals surface area contributed by atoms with Crippen LogP contribution in [0.4, 0.5) is 0 Å². The molecule has 1 N–H and O–H groups in total. The van der Waals surface area contributed by atoms with Crippen LogP contribution in [0.15, 0.2) is 41.5 Å². The Morgan fingerprint density at radius 3 is 2.05 bits per heavy atom. The first-order chi connectivity index (χ1) is 17.9. The molecule has 0 spiro atoms. The second-order valence-electron chi connectivity index (χ2n) is 11.7. The summed E-state index contributed by atoms with van der Waals surface area (Å²) >= 11 is 0. The molecular weight excluding hydrogens is 462 g/mol. The molecule has 216 valence electrons. The van der Waals surface area contributed by atoms with E-state index in [9.17, 15) is 4.79 Å². The summed E-state index contributed by atoms with van der Waals surface area (Å²) in [5.41, 5.74) is 8.84. The van der Waals surface area contributed by atoms with Crippen molar-refractivity contribution in [2.45, 2.75) is 141 Å². The molecule has 0 aliphatic heterocycles. The lowest BCUT2D eigenvalue weighted by Crippen LogP contribution is -2.18. The van der Waals surface area contributed by atoms with Crippen LogP contribution in [0.25, 0.3) is 16.5 Å². The van der Waals surface area contributed by atoms with Crippen molar-refractivity contribution in [2.24, 2.45) is 11.3 Å². The molecule has 0 bridgehead atoms. The van der Waals surface area contributed by atoms with Crippen LogP contribution in [0, 0.1) is 18.3 Å². The number of unbranched alkanes of at least 4 members (excludes halogenated alkanes) is 4. The van der Waals surface area contributed by atoms with E-state index < -0.39 is 0 Å². The zero-order valence-electron chi connectivity index (χ0n) is 27.2. The first kappa shape index (κ1) is 35.9. The molecule has 3 rings (SSSR count). The van der Waals surface area contributed by atoms with E-state index in [1.54, 1.807) is 18.1 Å². The number of ketones is 1.